The number of ether oxygens (including phenoxy) is 1. The van der Waals surface area contributed by atoms with Crippen LogP contribution in [0.2, 0.25) is 0 Å². The Balaban J connectivity index is 2.13. The lowest BCUT2D eigenvalue weighted by molar-refractivity contribution is -0.148. The van der Waals surface area contributed by atoms with Crippen molar-refractivity contribution < 1.29 is 14.6 Å². The van der Waals surface area contributed by atoms with Gasteiger partial charge in [-0.1, -0.05) is 0 Å². The Morgan fingerprint density at radius 3 is 3.11 bits per heavy atom. The van der Waals surface area contributed by atoms with Crippen LogP contribution in [0.15, 0.2) is 22.9 Å². The Hall–Kier alpha value is -0.940. The zero-order valence-corrected chi connectivity index (χ0v) is 11.8. The molecule has 1 aromatic rings. The second-order valence-corrected chi connectivity index (χ2v) is 5.53. The Labute approximate surface area is 115 Å². The predicted octanol–water partition coefficient (Wildman–Crippen LogP) is 2.39. The van der Waals surface area contributed by atoms with E-state index in [-0.39, 0.29) is 11.9 Å². The molecule has 1 fully saturated rings. The van der Waals surface area contributed by atoms with Crippen LogP contribution in [0, 0.1) is 5.92 Å². The lowest BCUT2D eigenvalue weighted by Crippen LogP contribution is -2.24. The molecule has 0 saturated heterocycles. The van der Waals surface area contributed by atoms with Crippen molar-refractivity contribution >= 4 is 21.9 Å². The minimum Gasteiger partial charge on any atom is -0.466 e. The van der Waals surface area contributed by atoms with Gasteiger partial charge < -0.3 is 9.84 Å². The largest absolute Gasteiger partial charge is 0.466 e. The number of esters is 1. The molecule has 1 aromatic heterocycles. The number of hydrogen-bond acceptors (Lipinski definition) is 4. The number of hydrogen-bond donors (Lipinski definition) is 1. The highest BCUT2D eigenvalue weighted by atomic mass is 79.9. The molecule has 2 atom stereocenters. The Morgan fingerprint density at radius 1 is 1.67 bits per heavy atom. The van der Waals surface area contributed by atoms with E-state index in [4.69, 9.17) is 4.74 Å². The monoisotopic (exact) mass is 313 g/mol. The summed E-state index contributed by atoms with van der Waals surface area (Å²) in [4.78, 5) is 15.7. The molecule has 1 N–H and O–H groups in total. The van der Waals surface area contributed by atoms with E-state index in [0.717, 1.165) is 10.0 Å². The second-order valence-electron chi connectivity index (χ2n) is 4.62. The number of carbonyl (C=O) groups excluding carboxylic acids is 1. The highest BCUT2D eigenvalue weighted by Gasteiger charge is 2.42. The predicted molar refractivity (Wildman–Crippen MR) is 69.8 cm³/mol. The first kappa shape index (κ1) is 13.5. The van der Waals surface area contributed by atoms with Crippen molar-refractivity contribution in [3.8, 4) is 0 Å². The van der Waals surface area contributed by atoms with Crippen molar-refractivity contribution in [3.05, 3.63) is 28.5 Å². The van der Waals surface area contributed by atoms with E-state index >= 15 is 0 Å². The summed E-state index contributed by atoms with van der Waals surface area (Å²) in [6.45, 7) is 2.17. The molecule has 4 nitrogen and oxygen atoms in total. The number of aromatic nitrogens is 1. The molecule has 5 heteroatoms. The topological polar surface area (TPSA) is 59.4 Å². The average Bonchev–Trinajstić information content (AvgIpc) is 2.74. The number of carbonyl (C=O) groups is 1. The number of pyridine rings is 1. The molecule has 1 heterocycles. The molecular formula is C13H16BrNO3. The molecule has 18 heavy (non-hydrogen) atoms. The molecule has 1 aliphatic rings. The van der Waals surface area contributed by atoms with Crippen LogP contribution in [-0.4, -0.2) is 22.7 Å². The van der Waals surface area contributed by atoms with E-state index < -0.39 is 5.60 Å². The molecule has 98 valence electrons. The Bertz CT molecular complexity index is 452. The van der Waals surface area contributed by atoms with Crippen molar-refractivity contribution in [2.75, 3.05) is 6.61 Å². The summed E-state index contributed by atoms with van der Waals surface area (Å²) in [6, 6.07) is 1.85. The van der Waals surface area contributed by atoms with Crippen LogP contribution in [0.5, 0.6) is 0 Å². The third-order valence-corrected chi connectivity index (χ3v) is 3.79. The Kier molecular flexibility index (Phi) is 4.02. The number of aliphatic hydroxyl groups is 1. The molecule has 2 rings (SSSR count). The summed E-state index contributed by atoms with van der Waals surface area (Å²) in [5.74, 6) is -0.426. The maximum absolute atomic E-state index is 11.7. The fourth-order valence-corrected chi connectivity index (χ4v) is 2.78. The molecule has 0 spiro atoms. The van der Waals surface area contributed by atoms with Gasteiger partial charge in [0.25, 0.3) is 0 Å². The van der Waals surface area contributed by atoms with Crippen molar-refractivity contribution in [2.24, 2.45) is 5.92 Å². The van der Waals surface area contributed by atoms with Gasteiger partial charge in [-0.3, -0.25) is 9.78 Å². The van der Waals surface area contributed by atoms with Crippen molar-refractivity contribution in [1.82, 2.24) is 4.98 Å². The van der Waals surface area contributed by atoms with Gasteiger partial charge in [-0.2, -0.15) is 0 Å². The minimum absolute atomic E-state index is 0.212. The summed E-state index contributed by atoms with van der Waals surface area (Å²) in [6.07, 6.45) is 4.95. The molecule has 0 aliphatic heterocycles. The van der Waals surface area contributed by atoms with Crippen molar-refractivity contribution in [3.63, 3.8) is 0 Å². The lowest BCUT2D eigenvalue weighted by atomic mass is 9.92. The fourth-order valence-electron chi connectivity index (χ4n) is 2.41. The summed E-state index contributed by atoms with van der Waals surface area (Å²) >= 11 is 3.34. The third kappa shape index (κ3) is 2.72. The van der Waals surface area contributed by atoms with Crippen LogP contribution in [0.4, 0.5) is 0 Å². The summed E-state index contributed by atoms with van der Waals surface area (Å²) in [5.41, 5.74) is -0.211. The Morgan fingerprint density at radius 2 is 2.44 bits per heavy atom. The van der Waals surface area contributed by atoms with E-state index in [1.54, 1.807) is 19.3 Å². The first-order valence-electron chi connectivity index (χ1n) is 6.05. The van der Waals surface area contributed by atoms with Crippen LogP contribution in [0.3, 0.4) is 0 Å². The molecule has 1 aliphatic carbocycles. The van der Waals surface area contributed by atoms with Crippen LogP contribution >= 0.6 is 15.9 Å². The zero-order chi connectivity index (χ0) is 13.2. The molecule has 0 aromatic carbocycles. The van der Waals surface area contributed by atoms with Gasteiger partial charge in [0.1, 0.15) is 0 Å². The van der Waals surface area contributed by atoms with Gasteiger partial charge in [-0.15, -0.1) is 0 Å². The fraction of sp³-hybridized carbons (Fsp3) is 0.538. The van der Waals surface area contributed by atoms with Crippen LogP contribution in [0.25, 0.3) is 0 Å². The molecule has 1 saturated carbocycles. The third-order valence-electron chi connectivity index (χ3n) is 3.35. The van der Waals surface area contributed by atoms with Gasteiger partial charge in [0.05, 0.1) is 18.1 Å². The van der Waals surface area contributed by atoms with E-state index in [9.17, 15) is 9.90 Å². The maximum Gasteiger partial charge on any atom is 0.309 e. The van der Waals surface area contributed by atoms with Crippen molar-refractivity contribution in [2.45, 2.75) is 31.8 Å². The van der Waals surface area contributed by atoms with E-state index in [0.29, 0.717) is 25.9 Å². The van der Waals surface area contributed by atoms with Gasteiger partial charge in [0.2, 0.25) is 0 Å². The summed E-state index contributed by atoms with van der Waals surface area (Å²) < 4.78 is 5.83. The zero-order valence-electron chi connectivity index (χ0n) is 10.2. The van der Waals surface area contributed by atoms with Crippen LogP contribution < -0.4 is 0 Å². The molecule has 0 radical (unpaired) electrons. The second kappa shape index (κ2) is 5.36. The van der Waals surface area contributed by atoms with Crippen LogP contribution in [-0.2, 0) is 15.1 Å². The number of halogens is 1. The average molecular weight is 314 g/mol. The first-order chi connectivity index (χ1) is 8.55. The number of nitrogens with zero attached hydrogens (tertiary/aromatic N) is 1. The smallest absolute Gasteiger partial charge is 0.309 e. The molecule has 0 bridgehead atoms. The highest BCUT2D eigenvalue weighted by Crippen LogP contribution is 2.42. The van der Waals surface area contributed by atoms with E-state index in [1.165, 1.54) is 0 Å². The normalized spacial score (nSPS) is 27.2. The molecule has 0 amide bonds. The van der Waals surface area contributed by atoms with E-state index in [2.05, 4.69) is 20.9 Å². The van der Waals surface area contributed by atoms with Gasteiger partial charge in [0, 0.05) is 22.4 Å². The van der Waals surface area contributed by atoms with Gasteiger partial charge >= 0.3 is 5.97 Å². The quantitative estimate of drug-likeness (QED) is 0.870. The standard InChI is InChI=1S/C13H16BrNO3/c1-2-18-12(16)9-3-4-13(17,6-9)10-5-11(14)8-15-7-10/h5,7-9,17H,2-4,6H2,1H3. The minimum atomic E-state index is -0.964. The lowest BCUT2D eigenvalue weighted by Gasteiger charge is -2.22. The van der Waals surface area contributed by atoms with Crippen molar-refractivity contribution in [1.29, 1.82) is 0 Å². The highest BCUT2D eigenvalue weighted by molar-refractivity contribution is 9.10. The SMILES string of the molecule is CCOC(=O)C1CCC(O)(c2cncc(Br)c2)C1. The maximum atomic E-state index is 11.7. The summed E-state index contributed by atoms with van der Waals surface area (Å²) in [5, 5.41) is 10.6. The van der Waals surface area contributed by atoms with Gasteiger partial charge in [-0.25, -0.2) is 0 Å². The van der Waals surface area contributed by atoms with Gasteiger partial charge in [-0.05, 0) is 48.2 Å². The first-order valence-corrected chi connectivity index (χ1v) is 6.84. The van der Waals surface area contributed by atoms with Gasteiger partial charge in [0.15, 0.2) is 0 Å². The molecular weight excluding hydrogens is 298 g/mol. The van der Waals surface area contributed by atoms with Crippen LogP contribution in [0.1, 0.15) is 31.7 Å². The van der Waals surface area contributed by atoms with E-state index in [1.807, 2.05) is 6.07 Å². The number of rotatable bonds is 3. The molecule has 2 unspecified atom stereocenters. The summed E-state index contributed by atoms with van der Waals surface area (Å²) in [7, 11) is 0.